The van der Waals surface area contributed by atoms with E-state index in [4.69, 9.17) is 4.74 Å². The summed E-state index contributed by atoms with van der Waals surface area (Å²) in [4.78, 5) is 0. The minimum Gasteiger partial charge on any atom is -0.497 e. The highest BCUT2D eigenvalue weighted by molar-refractivity contribution is 5.27. The molecule has 1 unspecified atom stereocenters. The minimum atomic E-state index is 0.359. The molecule has 1 aromatic heterocycles. The molecule has 0 amide bonds. The maximum atomic E-state index is 5.19. The van der Waals surface area contributed by atoms with Crippen LogP contribution >= 0.6 is 0 Å². The second-order valence-electron chi connectivity index (χ2n) is 5.13. The third-order valence-electron chi connectivity index (χ3n) is 3.71. The van der Waals surface area contributed by atoms with Gasteiger partial charge in [0.15, 0.2) is 0 Å². The van der Waals surface area contributed by atoms with Crippen molar-refractivity contribution in [3.63, 3.8) is 0 Å². The van der Waals surface area contributed by atoms with Crippen molar-refractivity contribution in [2.75, 3.05) is 13.7 Å². The number of methoxy groups -OCH3 is 1. The van der Waals surface area contributed by atoms with Crippen molar-refractivity contribution < 1.29 is 4.74 Å². The van der Waals surface area contributed by atoms with Gasteiger partial charge in [0.25, 0.3) is 0 Å². The molecule has 114 valence electrons. The van der Waals surface area contributed by atoms with Crippen LogP contribution in [0.4, 0.5) is 0 Å². The van der Waals surface area contributed by atoms with Crippen LogP contribution in [0.1, 0.15) is 37.4 Å². The van der Waals surface area contributed by atoms with Crippen LogP contribution in [0.15, 0.2) is 36.7 Å². The Morgan fingerprint density at radius 2 is 2.00 bits per heavy atom. The molecule has 0 radical (unpaired) electrons. The number of nitrogens with zero attached hydrogens (tertiary/aromatic N) is 2. The van der Waals surface area contributed by atoms with Crippen LogP contribution in [0, 0.1) is 0 Å². The van der Waals surface area contributed by atoms with E-state index >= 15 is 0 Å². The quantitative estimate of drug-likeness (QED) is 0.810. The van der Waals surface area contributed by atoms with Gasteiger partial charge in [0.1, 0.15) is 5.75 Å². The first-order valence-corrected chi connectivity index (χ1v) is 7.65. The van der Waals surface area contributed by atoms with E-state index < -0.39 is 0 Å². The Bertz CT molecular complexity index is 533. The average molecular weight is 287 g/mol. The van der Waals surface area contributed by atoms with E-state index in [2.05, 4.69) is 42.6 Å². The summed E-state index contributed by atoms with van der Waals surface area (Å²) in [5, 5.41) is 7.93. The van der Waals surface area contributed by atoms with Crippen molar-refractivity contribution in [2.24, 2.45) is 0 Å². The van der Waals surface area contributed by atoms with Gasteiger partial charge in [0, 0.05) is 24.3 Å². The fraction of sp³-hybridized carbons (Fsp3) is 0.471. The molecule has 0 bridgehead atoms. The van der Waals surface area contributed by atoms with Crippen molar-refractivity contribution in [3.05, 3.63) is 47.8 Å². The van der Waals surface area contributed by atoms with E-state index in [9.17, 15) is 0 Å². The predicted molar refractivity (Wildman–Crippen MR) is 85.6 cm³/mol. The molecule has 2 rings (SSSR count). The van der Waals surface area contributed by atoms with Crippen LogP contribution in [0.25, 0.3) is 0 Å². The zero-order valence-corrected chi connectivity index (χ0v) is 13.2. The van der Waals surface area contributed by atoms with Gasteiger partial charge in [0.05, 0.1) is 13.3 Å². The molecule has 1 aromatic carbocycles. The zero-order chi connectivity index (χ0) is 15.1. The molecular formula is C17H25N3O. The van der Waals surface area contributed by atoms with E-state index in [1.165, 1.54) is 11.1 Å². The molecule has 0 spiro atoms. The van der Waals surface area contributed by atoms with E-state index in [0.717, 1.165) is 31.7 Å². The smallest absolute Gasteiger partial charge is 0.118 e. The number of aryl methyl sites for hydroxylation is 2. The summed E-state index contributed by atoms with van der Waals surface area (Å²) in [6.45, 7) is 6.13. The van der Waals surface area contributed by atoms with E-state index in [0.29, 0.717) is 6.04 Å². The highest BCUT2D eigenvalue weighted by atomic mass is 16.5. The third kappa shape index (κ3) is 4.33. The lowest BCUT2D eigenvalue weighted by Gasteiger charge is -2.16. The first-order valence-electron chi connectivity index (χ1n) is 7.65. The van der Waals surface area contributed by atoms with Gasteiger partial charge in [-0.1, -0.05) is 19.1 Å². The maximum Gasteiger partial charge on any atom is 0.118 e. The predicted octanol–water partition coefficient (Wildman–Crippen LogP) is 3.20. The summed E-state index contributed by atoms with van der Waals surface area (Å²) in [6.07, 6.45) is 6.22. The molecule has 4 nitrogen and oxygen atoms in total. The number of nitrogens with one attached hydrogen (secondary N) is 1. The maximum absolute atomic E-state index is 5.19. The zero-order valence-electron chi connectivity index (χ0n) is 13.2. The van der Waals surface area contributed by atoms with Gasteiger partial charge in [-0.15, -0.1) is 0 Å². The SMILES string of the molecule is CCNC(CCc1ccc(OC)cc1)c1cnn(CC)c1. The molecule has 0 saturated carbocycles. The second-order valence-corrected chi connectivity index (χ2v) is 5.13. The molecule has 0 aliphatic heterocycles. The average Bonchev–Trinajstić information content (AvgIpc) is 3.01. The Labute approximate surface area is 127 Å². The van der Waals surface area contributed by atoms with Crippen molar-refractivity contribution >= 4 is 0 Å². The van der Waals surface area contributed by atoms with Gasteiger partial charge in [-0.2, -0.15) is 5.10 Å². The summed E-state index contributed by atoms with van der Waals surface area (Å²) in [6, 6.07) is 8.67. The fourth-order valence-corrected chi connectivity index (χ4v) is 2.47. The third-order valence-corrected chi connectivity index (χ3v) is 3.71. The largest absolute Gasteiger partial charge is 0.497 e. The lowest BCUT2D eigenvalue weighted by atomic mass is 10.0. The van der Waals surface area contributed by atoms with Crippen molar-refractivity contribution in [1.29, 1.82) is 0 Å². The highest BCUT2D eigenvalue weighted by Crippen LogP contribution is 2.20. The Balaban J connectivity index is 1.98. The summed E-state index contributed by atoms with van der Waals surface area (Å²) >= 11 is 0. The number of rotatable bonds is 8. The Morgan fingerprint density at radius 1 is 1.24 bits per heavy atom. The molecule has 0 fully saturated rings. The molecule has 4 heteroatoms. The van der Waals surface area contributed by atoms with Crippen LogP contribution in [0.3, 0.4) is 0 Å². The van der Waals surface area contributed by atoms with Crippen molar-refractivity contribution in [3.8, 4) is 5.75 Å². The van der Waals surface area contributed by atoms with Crippen molar-refractivity contribution in [1.82, 2.24) is 15.1 Å². The lowest BCUT2D eigenvalue weighted by Crippen LogP contribution is -2.21. The monoisotopic (exact) mass is 287 g/mol. The molecule has 1 atom stereocenters. The standard InChI is InChI=1S/C17H25N3O/c1-4-18-17(15-12-19-20(5-2)13-15)11-8-14-6-9-16(21-3)10-7-14/h6-7,9-10,12-13,17-18H,4-5,8,11H2,1-3H3. The number of aromatic nitrogens is 2. The van der Waals surface area contributed by atoms with Gasteiger partial charge in [-0.3, -0.25) is 4.68 Å². The molecule has 0 saturated heterocycles. The van der Waals surface area contributed by atoms with Crippen LogP contribution in [0.5, 0.6) is 5.75 Å². The topological polar surface area (TPSA) is 39.1 Å². The van der Waals surface area contributed by atoms with Gasteiger partial charge in [-0.05, 0) is 44.0 Å². The molecule has 1 N–H and O–H groups in total. The number of hydrogen-bond acceptors (Lipinski definition) is 3. The van der Waals surface area contributed by atoms with E-state index in [-0.39, 0.29) is 0 Å². The molecular weight excluding hydrogens is 262 g/mol. The second kappa shape index (κ2) is 7.84. The summed E-state index contributed by atoms with van der Waals surface area (Å²) in [5.41, 5.74) is 2.61. The van der Waals surface area contributed by atoms with Gasteiger partial charge < -0.3 is 10.1 Å². The first kappa shape index (κ1) is 15.6. The first-order chi connectivity index (χ1) is 10.3. The van der Waals surface area contributed by atoms with Gasteiger partial charge in [0.2, 0.25) is 0 Å². The summed E-state index contributed by atoms with van der Waals surface area (Å²) < 4.78 is 7.17. The van der Waals surface area contributed by atoms with Crippen LogP contribution in [0.2, 0.25) is 0 Å². The van der Waals surface area contributed by atoms with Gasteiger partial charge in [-0.25, -0.2) is 0 Å². The molecule has 0 aliphatic rings. The Hall–Kier alpha value is -1.81. The Morgan fingerprint density at radius 3 is 2.57 bits per heavy atom. The fourth-order valence-electron chi connectivity index (χ4n) is 2.47. The Kier molecular flexibility index (Phi) is 5.81. The molecule has 1 heterocycles. The molecule has 21 heavy (non-hydrogen) atoms. The normalized spacial score (nSPS) is 12.3. The number of ether oxygens (including phenoxy) is 1. The van der Waals surface area contributed by atoms with Crippen LogP contribution in [-0.4, -0.2) is 23.4 Å². The number of benzene rings is 1. The lowest BCUT2D eigenvalue weighted by molar-refractivity contribution is 0.414. The van der Waals surface area contributed by atoms with Gasteiger partial charge >= 0.3 is 0 Å². The highest BCUT2D eigenvalue weighted by Gasteiger charge is 2.12. The van der Waals surface area contributed by atoms with Crippen LogP contribution < -0.4 is 10.1 Å². The molecule has 0 aliphatic carbocycles. The van der Waals surface area contributed by atoms with Crippen LogP contribution in [-0.2, 0) is 13.0 Å². The van der Waals surface area contributed by atoms with Crippen molar-refractivity contribution in [2.45, 2.75) is 39.3 Å². The van der Waals surface area contributed by atoms with E-state index in [1.807, 2.05) is 23.0 Å². The number of hydrogen-bond donors (Lipinski definition) is 1. The minimum absolute atomic E-state index is 0.359. The summed E-state index contributed by atoms with van der Waals surface area (Å²) in [5.74, 6) is 0.909. The summed E-state index contributed by atoms with van der Waals surface area (Å²) in [7, 11) is 1.70. The van der Waals surface area contributed by atoms with E-state index in [1.54, 1.807) is 7.11 Å². The molecule has 2 aromatic rings.